The third kappa shape index (κ3) is 3.57. The summed E-state index contributed by atoms with van der Waals surface area (Å²) in [7, 11) is 1.84. The zero-order chi connectivity index (χ0) is 14.5. The van der Waals surface area contributed by atoms with E-state index in [1.807, 2.05) is 13.1 Å². The highest BCUT2D eigenvalue weighted by Crippen LogP contribution is 2.12. The molecule has 0 aliphatic carbocycles. The summed E-state index contributed by atoms with van der Waals surface area (Å²) in [6.45, 7) is 2.49. The Morgan fingerprint density at radius 3 is 2.90 bits per heavy atom. The Morgan fingerprint density at radius 2 is 2.25 bits per heavy atom. The molecule has 0 aromatic carbocycles. The lowest BCUT2D eigenvalue weighted by Crippen LogP contribution is -2.24. The van der Waals surface area contributed by atoms with Gasteiger partial charge in [0.05, 0.1) is 12.2 Å². The summed E-state index contributed by atoms with van der Waals surface area (Å²) >= 11 is 5.95. The van der Waals surface area contributed by atoms with E-state index in [1.165, 1.54) is 0 Å². The summed E-state index contributed by atoms with van der Waals surface area (Å²) in [5.74, 6) is -0.159. The lowest BCUT2D eigenvalue weighted by molar-refractivity contribution is 0.0950. The molecule has 1 N–H and O–H groups in total. The van der Waals surface area contributed by atoms with Crippen molar-refractivity contribution in [3.63, 3.8) is 0 Å². The molecule has 20 heavy (non-hydrogen) atoms. The Morgan fingerprint density at radius 1 is 1.45 bits per heavy atom. The van der Waals surface area contributed by atoms with E-state index < -0.39 is 0 Å². The van der Waals surface area contributed by atoms with Crippen molar-refractivity contribution >= 4 is 17.5 Å². The normalized spacial score (nSPS) is 10.6. The Kier molecular flexibility index (Phi) is 4.74. The van der Waals surface area contributed by atoms with Crippen molar-refractivity contribution in [3.05, 3.63) is 46.5 Å². The minimum atomic E-state index is -0.159. The minimum Gasteiger partial charge on any atom is -0.346 e. The molecule has 2 aromatic heterocycles. The first-order chi connectivity index (χ1) is 9.60. The fourth-order valence-electron chi connectivity index (χ4n) is 1.91. The second-order valence-electron chi connectivity index (χ2n) is 4.55. The number of nitrogens with one attached hydrogen (secondary N) is 1. The molecular weight excluding hydrogens is 276 g/mol. The number of halogens is 1. The topological polar surface area (TPSA) is 59.8 Å². The first-order valence-corrected chi connectivity index (χ1v) is 6.89. The van der Waals surface area contributed by atoms with Gasteiger partial charge in [-0.3, -0.25) is 9.48 Å². The van der Waals surface area contributed by atoms with Crippen LogP contribution in [-0.4, -0.2) is 20.7 Å². The molecule has 0 aliphatic heterocycles. The Bertz CT molecular complexity index is 609. The summed E-state index contributed by atoms with van der Waals surface area (Å²) in [4.78, 5) is 16.3. The van der Waals surface area contributed by atoms with Crippen LogP contribution in [0.5, 0.6) is 0 Å². The molecule has 0 saturated carbocycles. The van der Waals surface area contributed by atoms with Crippen LogP contribution in [0.3, 0.4) is 0 Å². The van der Waals surface area contributed by atoms with Gasteiger partial charge in [0, 0.05) is 24.5 Å². The van der Waals surface area contributed by atoms with E-state index in [0.29, 0.717) is 17.3 Å². The molecule has 0 spiro atoms. The molecule has 2 heterocycles. The molecule has 2 rings (SSSR count). The van der Waals surface area contributed by atoms with Crippen molar-refractivity contribution in [1.82, 2.24) is 20.1 Å². The summed E-state index contributed by atoms with van der Waals surface area (Å²) in [6.07, 6.45) is 3.47. The number of carbonyl (C=O) groups excluding carboxylic acids is 1. The maximum atomic E-state index is 12.1. The van der Waals surface area contributed by atoms with Crippen LogP contribution < -0.4 is 5.32 Å². The lowest BCUT2D eigenvalue weighted by atomic mass is 10.1. The number of hydrogen-bond acceptors (Lipinski definition) is 3. The fraction of sp³-hybridized carbons (Fsp3) is 0.357. The first kappa shape index (κ1) is 14.5. The minimum absolute atomic E-state index is 0.159. The third-order valence-corrected chi connectivity index (χ3v) is 3.16. The standard InChI is InChI=1S/C14H17ClN4O/c1-3-4-11-7-10(8-13(15)18-11)14(20)16-9-12-5-6-17-19(12)2/h5-8H,3-4,9H2,1-2H3,(H,16,20). The van der Waals surface area contributed by atoms with Crippen molar-refractivity contribution < 1.29 is 4.79 Å². The van der Waals surface area contributed by atoms with Crippen molar-refractivity contribution in [3.8, 4) is 0 Å². The van der Waals surface area contributed by atoms with E-state index >= 15 is 0 Å². The van der Waals surface area contributed by atoms with Crippen LogP contribution in [0, 0.1) is 0 Å². The van der Waals surface area contributed by atoms with Gasteiger partial charge in [0.25, 0.3) is 5.91 Å². The number of aromatic nitrogens is 3. The van der Waals surface area contributed by atoms with E-state index in [4.69, 9.17) is 11.6 Å². The number of rotatable bonds is 5. The van der Waals surface area contributed by atoms with Crippen molar-refractivity contribution in [2.75, 3.05) is 0 Å². The second kappa shape index (κ2) is 6.52. The number of nitrogens with zero attached hydrogens (tertiary/aromatic N) is 3. The molecular formula is C14H17ClN4O. The molecule has 0 aliphatic rings. The number of aryl methyl sites for hydroxylation is 2. The van der Waals surface area contributed by atoms with Crippen molar-refractivity contribution in [2.45, 2.75) is 26.3 Å². The molecule has 2 aromatic rings. The molecule has 1 amide bonds. The SMILES string of the molecule is CCCc1cc(C(=O)NCc2ccnn2C)cc(Cl)n1. The molecule has 0 fully saturated rings. The number of amides is 1. The lowest BCUT2D eigenvalue weighted by Gasteiger charge is -2.07. The quantitative estimate of drug-likeness (QED) is 0.861. The van der Waals surface area contributed by atoms with Crippen LogP contribution in [0.4, 0.5) is 0 Å². The van der Waals surface area contributed by atoms with Gasteiger partial charge >= 0.3 is 0 Å². The van der Waals surface area contributed by atoms with Crippen molar-refractivity contribution in [1.29, 1.82) is 0 Å². The maximum Gasteiger partial charge on any atom is 0.251 e. The smallest absolute Gasteiger partial charge is 0.251 e. The molecule has 0 radical (unpaired) electrons. The van der Waals surface area contributed by atoms with Crippen molar-refractivity contribution in [2.24, 2.45) is 7.05 Å². The van der Waals surface area contributed by atoms with Crippen LogP contribution in [0.15, 0.2) is 24.4 Å². The summed E-state index contributed by atoms with van der Waals surface area (Å²) in [5.41, 5.74) is 2.31. The molecule has 0 bridgehead atoms. The largest absolute Gasteiger partial charge is 0.346 e. The van der Waals surface area contributed by atoms with Crippen LogP contribution in [-0.2, 0) is 20.0 Å². The van der Waals surface area contributed by atoms with Gasteiger partial charge in [0.2, 0.25) is 0 Å². The van der Waals surface area contributed by atoms with Gasteiger partial charge in [0.15, 0.2) is 0 Å². The second-order valence-corrected chi connectivity index (χ2v) is 4.94. The highest BCUT2D eigenvalue weighted by molar-refractivity contribution is 6.29. The zero-order valence-electron chi connectivity index (χ0n) is 11.6. The number of hydrogen-bond donors (Lipinski definition) is 1. The highest BCUT2D eigenvalue weighted by Gasteiger charge is 2.09. The Balaban J connectivity index is 2.07. The van der Waals surface area contributed by atoms with E-state index in [9.17, 15) is 4.79 Å². The summed E-state index contributed by atoms with van der Waals surface area (Å²) in [6, 6.07) is 5.23. The number of carbonyl (C=O) groups is 1. The maximum absolute atomic E-state index is 12.1. The molecule has 106 valence electrons. The average Bonchev–Trinajstić information content (AvgIpc) is 2.81. The average molecular weight is 293 g/mol. The Hall–Kier alpha value is -1.88. The summed E-state index contributed by atoms with van der Waals surface area (Å²) < 4.78 is 1.72. The van der Waals surface area contributed by atoms with Gasteiger partial charge in [0.1, 0.15) is 5.15 Å². The number of pyridine rings is 1. The highest BCUT2D eigenvalue weighted by atomic mass is 35.5. The first-order valence-electron chi connectivity index (χ1n) is 6.51. The molecule has 0 atom stereocenters. The van der Waals surface area contributed by atoms with Gasteiger partial charge in [-0.25, -0.2) is 4.98 Å². The zero-order valence-corrected chi connectivity index (χ0v) is 12.3. The van der Waals surface area contributed by atoms with E-state index in [2.05, 4.69) is 22.3 Å². The molecule has 5 nitrogen and oxygen atoms in total. The Labute approximate surface area is 123 Å². The van der Waals surface area contributed by atoms with Gasteiger partial charge in [-0.1, -0.05) is 24.9 Å². The van der Waals surface area contributed by atoms with E-state index in [1.54, 1.807) is 23.0 Å². The van der Waals surface area contributed by atoms with E-state index in [-0.39, 0.29) is 5.91 Å². The fourth-order valence-corrected chi connectivity index (χ4v) is 2.14. The van der Waals surface area contributed by atoms with Crippen LogP contribution in [0.25, 0.3) is 0 Å². The molecule has 6 heteroatoms. The van der Waals surface area contributed by atoms with Gasteiger partial charge in [-0.2, -0.15) is 5.10 Å². The van der Waals surface area contributed by atoms with Crippen LogP contribution >= 0.6 is 11.6 Å². The van der Waals surface area contributed by atoms with Crippen LogP contribution in [0.1, 0.15) is 35.1 Å². The van der Waals surface area contributed by atoms with Gasteiger partial charge < -0.3 is 5.32 Å². The van der Waals surface area contributed by atoms with Gasteiger partial charge in [-0.05, 0) is 24.6 Å². The predicted molar refractivity (Wildman–Crippen MR) is 77.6 cm³/mol. The predicted octanol–water partition coefficient (Wildman–Crippen LogP) is 2.35. The molecule has 0 saturated heterocycles. The van der Waals surface area contributed by atoms with Crippen LogP contribution in [0.2, 0.25) is 5.15 Å². The molecule has 0 unspecified atom stereocenters. The third-order valence-electron chi connectivity index (χ3n) is 2.97. The summed E-state index contributed by atoms with van der Waals surface area (Å²) in [5, 5.41) is 7.26. The van der Waals surface area contributed by atoms with Gasteiger partial charge in [-0.15, -0.1) is 0 Å². The van der Waals surface area contributed by atoms with E-state index in [0.717, 1.165) is 24.2 Å². The monoisotopic (exact) mass is 292 g/mol.